The predicted molar refractivity (Wildman–Crippen MR) is 66.8 cm³/mol. The lowest BCUT2D eigenvalue weighted by atomic mass is 9.98. The molecule has 0 saturated heterocycles. The fourth-order valence-electron chi connectivity index (χ4n) is 2.10. The van der Waals surface area contributed by atoms with Crippen LogP contribution in [0, 0.1) is 16.7 Å². The summed E-state index contributed by atoms with van der Waals surface area (Å²) in [6.45, 7) is 0. The molecule has 86 valence electrons. The van der Waals surface area contributed by atoms with Gasteiger partial charge in [0.1, 0.15) is 0 Å². The number of amides is 1. The molecule has 4 heteroatoms. The number of thioether (sulfide) groups is 1. The Morgan fingerprint density at radius 3 is 3.00 bits per heavy atom. The van der Waals surface area contributed by atoms with Gasteiger partial charge in [-0.1, -0.05) is 6.07 Å². The van der Waals surface area contributed by atoms with Crippen LogP contribution < -0.4 is 5.32 Å². The van der Waals surface area contributed by atoms with Crippen molar-refractivity contribution in [2.75, 3.05) is 11.1 Å². The lowest BCUT2D eigenvalue weighted by Crippen LogP contribution is -2.18. The van der Waals surface area contributed by atoms with Gasteiger partial charge in [-0.2, -0.15) is 5.26 Å². The van der Waals surface area contributed by atoms with Gasteiger partial charge in [-0.15, -0.1) is 11.8 Å². The molecule has 2 aliphatic rings. The molecule has 3 nitrogen and oxygen atoms in total. The maximum Gasteiger partial charge on any atom is 0.234 e. The van der Waals surface area contributed by atoms with Crippen LogP contribution in [-0.2, 0) is 11.2 Å². The zero-order chi connectivity index (χ0) is 11.9. The first kappa shape index (κ1) is 10.7. The third kappa shape index (κ3) is 2.03. The van der Waals surface area contributed by atoms with Crippen molar-refractivity contribution >= 4 is 23.4 Å². The number of nitrogens with one attached hydrogen (secondary N) is 1. The van der Waals surface area contributed by atoms with Gasteiger partial charge in [0.25, 0.3) is 0 Å². The van der Waals surface area contributed by atoms with E-state index in [4.69, 9.17) is 5.26 Å². The molecule has 1 saturated carbocycles. The van der Waals surface area contributed by atoms with Gasteiger partial charge in [0.2, 0.25) is 5.91 Å². The minimum absolute atomic E-state index is 0.0611. The van der Waals surface area contributed by atoms with Gasteiger partial charge in [-0.25, -0.2) is 0 Å². The van der Waals surface area contributed by atoms with Gasteiger partial charge in [0, 0.05) is 4.90 Å². The zero-order valence-electron chi connectivity index (χ0n) is 9.32. The standard InChI is InChI=1S/C13H12N2OS/c14-8-13(3-4-13)6-9-1-2-10-11(5-9)17-7-12(16)15-10/h1-2,5H,3-4,6-7H2,(H,15,16). The minimum atomic E-state index is -0.100. The number of hydrogen-bond donors (Lipinski definition) is 1. The highest BCUT2D eigenvalue weighted by Gasteiger charge is 2.43. The highest BCUT2D eigenvalue weighted by Crippen LogP contribution is 2.48. The monoisotopic (exact) mass is 244 g/mol. The van der Waals surface area contributed by atoms with Crippen LogP contribution in [0.4, 0.5) is 5.69 Å². The molecule has 1 aromatic rings. The van der Waals surface area contributed by atoms with E-state index < -0.39 is 0 Å². The largest absolute Gasteiger partial charge is 0.324 e. The van der Waals surface area contributed by atoms with Gasteiger partial charge < -0.3 is 5.32 Å². The molecule has 1 heterocycles. The van der Waals surface area contributed by atoms with Crippen LogP contribution in [0.25, 0.3) is 0 Å². The van der Waals surface area contributed by atoms with Crippen LogP contribution in [-0.4, -0.2) is 11.7 Å². The molecule has 1 aliphatic carbocycles. The SMILES string of the molecule is N#CC1(Cc2ccc3c(c2)SCC(=O)N3)CC1. The molecule has 3 rings (SSSR count). The lowest BCUT2D eigenvalue weighted by Gasteiger charge is -2.17. The molecule has 1 aliphatic heterocycles. The number of rotatable bonds is 2. The molecule has 17 heavy (non-hydrogen) atoms. The summed E-state index contributed by atoms with van der Waals surface area (Å²) < 4.78 is 0. The summed E-state index contributed by atoms with van der Waals surface area (Å²) in [4.78, 5) is 12.3. The quantitative estimate of drug-likeness (QED) is 0.870. The normalized spacial score (nSPS) is 20.1. The Morgan fingerprint density at radius 2 is 2.29 bits per heavy atom. The first-order chi connectivity index (χ1) is 8.21. The van der Waals surface area contributed by atoms with Crippen molar-refractivity contribution in [2.24, 2.45) is 5.41 Å². The molecule has 1 fully saturated rings. The molecule has 0 aromatic heterocycles. The van der Waals surface area contributed by atoms with Gasteiger partial charge in [0.15, 0.2) is 0 Å². The second-order valence-corrected chi connectivity index (χ2v) is 5.75. The highest BCUT2D eigenvalue weighted by molar-refractivity contribution is 8.00. The summed E-state index contributed by atoms with van der Waals surface area (Å²) in [5.74, 6) is 0.547. The van der Waals surface area contributed by atoms with E-state index in [1.54, 1.807) is 11.8 Å². The summed E-state index contributed by atoms with van der Waals surface area (Å²) in [5.41, 5.74) is 2.00. The maximum atomic E-state index is 11.2. The van der Waals surface area contributed by atoms with E-state index in [1.165, 1.54) is 5.56 Å². The van der Waals surface area contributed by atoms with Gasteiger partial charge >= 0.3 is 0 Å². The van der Waals surface area contributed by atoms with E-state index in [0.717, 1.165) is 29.8 Å². The van der Waals surface area contributed by atoms with Crippen LogP contribution in [0.2, 0.25) is 0 Å². The topological polar surface area (TPSA) is 52.9 Å². The van der Waals surface area contributed by atoms with Crippen LogP contribution in [0.1, 0.15) is 18.4 Å². The molecule has 0 radical (unpaired) electrons. The number of carbonyl (C=O) groups is 1. The second kappa shape index (κ2) is 3.78. The first-order valence-electron chi connectivity index (χ1n) is 5.68. The molecule has 1 N–H and O–H groups in total. The number of fused-ring (bicyclic) bond motifs is 1. The Labute approximate surface area is 104 Å². The van der Waals surface area contributed by atoms with Crippen molar-refractivity contribution in [2.45, 2.75) is 24.2 Å². The Bertz CT molecular complexity index is 529. The number of carbonyl (C=O) groups excluding carboxylic acids is 1. The smallest absolute Gasteiger partial charge is 0.234 e. The number of hydrogen-bond acceptors (Lipinski definition) is 3. The molecule has 1 amide bonds. The molecule has 1 aromatic carbocycles. The summed E-state index contributed by atoms with van der Waals surface area (Å²) in [7, 11) is 0. The van der Waals surface area contributed by atoms with Gasteiger partial charge in [-0.3, -0.25) is 4.79 Å². The molecular formula is C13H12N2OS. The first-order valence-corrected chi connectivity index (χ1v) is 6.66. The van der Waals surface area contributed by atoms with E-state index in [1.807, 2.05) is 12.1 Å². The third-order valence-corrected chi connectivity index (χ3v) is 4.37. The van der Waals surface area contributed by atoms with Gasteiger partial charge in [0.05, 0.1) is 22.9 Å². The van der Waals surface area contributed by atoms with E-state index in [0.29, 0.717) is 5.75 Å². The fraction of sp³-hybridized carbons (Fsp3) is 0.385. The molecule has 0 atom stereocenters. The van der Waals surface area contributed by atoms with Crippen molar-refractivity contribution in [1.29, 1.82) is 5.26 Å². The van der Waals surface area contributed by atoms with E-state index in [9.17, 15) is 4.79 Å². The van der Waals surface area contributed by atoms with Crippen LogP contribution >= 0.6 is 11.8 Å². The molecule has 0 bridgehead atoms. The number of nitrogens with zero attached hydrogens (tertiary/aromatic N) is 1. The second-order valence-electron chi connectivity index (χ2n) is 4.74. The Kier molecular flexibility index (Phi) is 2.37. The van der Waals surface area contributed by atoms with Crippen molar-refractivity contribution in [3.05, 3.63) is 23.8 Å². The number of nitriles is 1. The number of anilines is 1. The van der Waals surface area contributed by atoms with E-state index >= 15 is 0 Å². The number of benzene rings is 1. The van der Waals surface area contributed by atoms with Crippen molar-refractivity contribution < 1.29 is 4.79 Å². The van der Waals surface area contributed by atoms with Crippen molar-refractivity contribution in [1.82, 2.24) is 0 Å². The van der Waals surface area contributed by atoms with Crippen molar-refractivity contribution in [3.63, 3.8) is 0 Å². The van der Waals surface area contributed by atoms with Crippen LogP contribution in [0.15, 0.2) is 23.1 Å². The summed E-state index contributed by atoms with van der Waals surface area (Å²) >= 11 is 1.57. The highest BCUT2D eigenvalue weighted by atomic mass is 32.2. The lowest BCUT2D eigenvalue weighted by molar-refractivity contribution is -0.113. The summed E-state index contributed by atoms with van der Waals surface area (Å²) in [5, 5.41) is 11.9. The molecular weight excluding hydrogens is 232 g/mol. The fourth-order valence-corrected chi connectivity index (χ4v) is 2.97. The van der Waals surface area contributed by atoms with Gasteiger partial charge in [-0.05, 0) is 37.0 Å². The molecule has 0 spiro atoms. The van der Waals surface area contributed by atoms with Crippen molar-refractivity contribution in [3.8, 4) is 6.07 Å². The minimum Gasteiger partial charge on any atom is -0.324 e. The Hall–Kier alpha value is -1.47. The van der Waals surface area contributed by atoms with E-state index in [2.05, 4.69) is 17.5 Å². The Morgan fingerprint density at radius 1 is 1.47 bits per heavy atom. The van der Waals surface area contributed by atoms with E-state index in [-0.39, 0.29) is 11.3 Å². The summed E-state index contributed by atoms with van der Waals surface area (Å²) in [6, 6.07) is 8.48. The maximum absolute atomic E-state index is 11.2. The molecule has 0 unspecified atom stereocenters. The van der Waals surface area contributed by atoms with Crippen LogP contribution in [0.5, 0.6) is 0 Å². The summed E-state index contributed by atoms with van der Waals surface area (Å²) in [6.07, 6.45) is 2.88. The Balaban J connectivity index is 1.84. The van der Waals surface area contributed by atoms with Crippen LogP contribution in [0.3, 0.4) is 0 Å². The predicted octanol–water partition coefficient (Wildman–Crippen LogP) is 2.58. The zero-order valence-corrected chi connectivity index (χ0v) is 10.1. The average Bonchev–Trinajstić information content (AvgIpc) is 3.10. The average molecular weight is 244 g/mol. The third-order valence-electron chi connectivity index (χ3n) is 3.31.